The van der Waals surface area contributed by atoms with Crippen molar-refractivity contribution in [2.75, 3.05) is 6.79 Å². The lowest BCUT2D eigenvalue weighted by atomic mass is 9.78. The third kappa shape index (κ3) is 3.54. The van der Waals surface area contributed by atoms with Gasteiger partial charge in [0.15, 0.2) is 11.5 Å². The number of carbonyl (C=O) groups excluding carboxylic acids is 2. The molecule has 1 N–H and O–H groups in total. The fraction of sp³-hybridized carbons (Fsp3) is 0.440. The Morgan fingerprint density at radius 2 is 1.90 bits per heavy atom. The molecule has 6 heteroatoms. The van der Waals surface area contributed by atoms with E-state index >= 15 is 0 Å². The second kappa shape index (κ2) is 7.91. The first-order valence-corrected chi connectivity index (χ1v) is 11.1. The van der Waals surface area contributed by atoms with E-state index in [1.807, 2.05) is 42.5 Å². The van der Waals surface area contributed by atoms with Crippen molar-refractivity contribution in [3.63, 3.8) is 0 Å². The minimum atomic E-state index is -0.626. The third-order valence-electron chi connectivity index (χ3n) is 7.13. The summed E-state index contributed by atoms with van der Waals surface area (Å²) in [6, 6.07) is 12.6. The van der Waals surface area contributed by atoms with Crippen molar-refractivity contribution in [1.82, 2.24) is 10.2 Å². The lowest BCUT2D eigenvalue weighted by Gasteiger charge is -2.36. The van der Waals surface area contributed by atoms with Gasteiger partial charge in [0.1, 0.15) is 6.04 Å². The molecule has 31 heavy (non-hydrogen) atoms. The summed E-state index contributed by atoms with van der Waals surface area (Å²) in [6.07, 6.45) is 3.31. The maximum absolute atomic E-state index is 13.5. The maximum atomic E-state index is 13.5. The summed E-state index contributed by atoms with van der Waals surface area (Å²) in [6.45, 7) is 5.00. The van der Waals surface area contributed by atoms with E-state index in [2.05, 4.69) is 19.2 Å². The summed E-state index contributed by atoms with van der Waals surface area (Å²) >= 11 is 0. The van der Waals surface area contributed by atoms with Gasteiger partial charge in [0.2, 0.25) is 12.7 Å². The molecular formula is C25H28N2O4. The van der Waals surface area contributed by atoms with Crippen molar-refractivity contribution in [1.29, 1.82) is 0 Å². The second-order valence-electron chi connectivity index (χ2n) is 8.99. The monoisotopic (exact) mass is 420 g/mol. The topological polar surface area (TPSA) is 67.9 Å². The van der Waals surface area contributed by atoms with E-state index in [0.717, 1.165) is 24.0 Å². The molecule has 2 amide bonds. The van der Waals surface area contributed by atoms with E-state index in [1.54, 1.807) is 4.90 Å². The first-order chi connectivity index (χ1) is 15.0. The van der Waals surface area contributed by atoms with Crippen LogP contribution in [0.15, 0.2) is 42.5 Å². The van der Waals surface area contributed by atoms with E-state index < -0.39 is 6.04 Å². The number of rotatable bonds is 4. The molecule has 162 valence electrons. The van der Waals surface area contributed by atoms with Crippen LogP contribution in [0.4, 0.5) is 0 Å². The van der Waals surface area contributed by atoms with Gasteiger partial charge >= 0.3 is 0 Å². The second-order valence-corrected chi connectivity index (χ2v) is 8.99. The Bertz CT molecular complexity index is 1020. The molecule has 0 saturated heterocycles. The average Bonchev–Trinajstić information content (AvgIpc) is 3.34. The van der Waals surface area contributed by atoms with Crippen molar-refractivity contribution < 1.29 is 19.1 Å². The zero-order valence-corrected chi connectivity index (χ0v) is 18.0. The molecule has 2 heterocycles. The molecular weight excluding hydrogens is 392 g/mol. The Labute approximate surface area is 182 Å². The van der Waals surface area contributed by atoms with E-state index in [9.17, 15) is 9.59 Å². The molecule has 2 aliphatic heterocycles. The van der Waals surface area contributed by atoms with Gasteiger partial charge in [-0.1, -0.05) is 51.0 Å². The zero-order valence-electron chi connectivity index (χ0n) is 18.0. The number of fused-ring (bicyclic) bond motifs is 2. The van der Waals surface area contributed by atoms with Crippen LogP contribution >= 0.6 is 0 Å². The number of ether oxygens (including phenoxy) is 2. The molecule has 1 saturated carbocycles. The van der Waals surface area contributed by atoms with Gasteiger partial charge < -0.3 is 19.7 Å². The van der Waals surface area contributed by atoms with Crippen LogP contribution in [-0.2, 0) is 11.3 Å². The molecule has 1 fully saturated rings. The summed E-state index contributed by atoms with van der Waals surface area (Å²) in [5, 5.41) is 3.28. The van der Waals surface area contributed by atoms with Crippen molar-refractivity contribution in [3.05, 3.63) is 59.2 Å². The molecule has 2 aromatic rings. The Hall–Kier alpha value is -3.02. The molecule has 5 rings (SSSR count). The highest BCUT2D eigenvalue weighted by atomic mass is 16.7. The van der Waals surface area contributed by atoms with Crippen molar-refractivity contribution in [2.45, 2.75) is 51.7 Å². The highest BCUT2D eigenvalue weighted by Crippen LogP contribution is 2.38. The van der Waals surface area contributed by atoms with Crippen LogP contribution in [0.25, 0.3) is 0 Å². The number of benzene rings is 2. The summed E-state index contributed by atoms with van der Waals surface area (Å²) < 4.78 is 10.9. The van der Waals surface area contributed by atoms with Crippen molar-refractivity contribution in [3.8, 4) is 11.5 Å². The Morgan fingerprint density at radius 3 is 2.77 bits per heavy atom. The maximum Gasteiger partial charge on any atom is 0.255 e. The van der Waals surface area contributed by atoms with Crippen LogP contribution in [0.3, 0.4) is 0 Å². The first kappa shape index (κ1) is 19.9. The number of nitrogens with one attached hydrogen (secondary N) is 1. The fourth-order valence-electron chi connectivity index (χ4n) is 5.10. The third-order valence-corrected chi connectivity index (χ3v) is 7.13. The summed E-state index contributed by atoms with van der Waals surface area (Å²) in [5.41, 5.74) is 2.29. The van der Waals surface area contributed by atoms with Gasteiger partial charge in [-0.05, 0) is 47.6 Å². The SMILES string of the molecule is C[C@@H]1[C@H](C)CCC[C@@H]1NC(=O)[C@H]1c2ccccc2C(=O)N1Cc1ccc2c(c1)OCO2. The molecule has 1 aliphatic carbocycles. The van der Waals surface area contributed by atoms with E-state index in [0.29, 0.717) is 35.4 Å². The molecule has 0 aromatic heterocycles. The molecule has 4 atom stereocenters. The Morgan fingerprint density at radius 1 is 1.10 bits per heavy atom. The highest BCUT2D eigenvalue weighted by molar-refractivity contribution is 6.04. The van der Waals surface area contributed by atoms with Gasteiger partial charge in [0.05, 0.1) is 0 Å². The predicted octanol–water partition coefficient (Wildman–Crippen LogP) is 4.05. The van der Waals surface area contributed by atoms with Crippen LogP contribution in [-0.4, -0.2) is 29.5 Å². The standard InChI is InChI=1S/C25H28N2O4/c1-15-6-5-9-20(16(15)2)26-24(28)23-18-7-3-4-8-19(18)25(29)27(23)13-17-10-11-21-22(12-17)31-14-30-21/h3-4,7-8,10-12,15-16,20,23H,5-6,9,13-14H2,1-2H3,(H,26,28)/t15-,16-,20+,23-/m1/s1. The molecule has 6 nitrogen and oxygen atoms in total. The van der Waals surface area contributed by atoms with Gasteiger partial charge in [-0.3, -0.25) is 9.59 Å². The first-order valence-electron chi connectivity index (χ1n) is 11.1. The Kier molecular flexibility index (Phi) is 5.08. The van der Waals surface area contributed by atoms with E-state index in [1.165, 1.54) is 6.42 Å². The van der Waals surface area contributed by atoms with Crippen LogP contribution < -0.4 is 14.8 Å². The lowest BCUT2D eigenvalue weighted by molar-refractivity contribution is -0.127. The summed E-state index contributed by atoms with van der Waals surface area (Å²) in [5.74, 6) is 2.18. The fourth-order valence-corrected chi connectivity index (χ4v) is 5.10. The minimum Gasteiger partial charge on any atom is -0.454 e. The van der Waals surface area contributed by atoms with Crippen LogP contribution in [0, 0.1) is 11.8 Å². The quantitative estimate of drug-likeness (QED) is 0.810. The van der Waals surface area contributed by atoms with Crippen molar-refractivity contribution in [2.24, 2.45) is 11.8 Å². The van der Waals surface area contributed by atoms with Gasteiger partial charge in [0.25, 0.3) is 5.91 Å². The zero-order chi connectivity index (χ0) is 21.5. The largest absolute Gasteiger partial charge is 0.454 e. The number of amides is 2. The number of hydrogen-bond donors (Lipinski definition) is 1. The van der Waals surface area contributed by atoms with Crippen LogP contribution in [0.2, 0.25) is 0 Å². The van der Waals surface area contributed by atoms with Gasteiger partial charge in [-0.2, -0.15) is 0 Å². The highest BCUT2D eigenvalue weighted by Gasteiger charge is 2.42. The average molecular weight is 421 g/mol. The molecule has 3 aliphatic rings. The lowest BCUT2D eigenvalue weighted by Crippen LogP contribution is -2.48. The van der Waals surface area contributed by atoms with Gasteiger partial charge in [-0.25, -0.2) is 0 Å². The van der Waals surface area contributed by atoms with Gasteiger partial charge in [0, 0.05) is 18.2 Å². The molecule has 2 aromatic carbocycles. The van der Waals surface area contributed by atoms with E-state index in [4.69, 9.17) is 9.47 Å². The molecule has 0 radical (unpaired) electrons. The van der Waals surface area contributed by atoms with Gasteiger partial charge in [-0.15, -0.1) is 0 Å². The van der Waals surface area contributed by atoms with E-state index in [-0.39, 0.29) is 24.6 Å². The number of carbonyl (C=O) groups is 2. The normalized spacial score (nSPS) is 26.6. The Balaban J connectivity index is 1.42. The summed E-state index contributed by atoms with van der Waals surface area (Å²) in [4.78, 5) is 28.4. The number of nitrogens with zero attached hydrogens (tertiary/aromatic N) is 1. The minimum absolute atomic E-state index is 0.0926. The van der Waals surface area contributed by atoms with Crippen molar-refractivity contribution >= 4 is 11.8 Å². The van der Waals surface area contributed by atoms with Crippen LogP contribution in [0.5, 0.6) is 11.5 Å². The number of hydrogen-bond acceptors (Lipinski definition) is 4. The molecule has 0 unspecified atom stereocenters. The molecule has 0 bridgehead atoms. The van der Waals surface area contributed by atoms with Crippen LogP contribution in [0.1, 0.15) is 60.6 Å². The molecule has 0 spiro atoms. The predicted molar refractivity (Wildman–Crippen MR) is 116 cm³/mol. The summed E-state index contributed by atoms with van der Waals surface area (Å²) in [7, 11) is 0. The smallest absolute Gasteiger partial charge is 0.255 e.